The van der Waals surface area contributed by atoms with E-state index in [2.05, 4.69) is 26.2 Å². The van der Waals surface area contributed by atoms with Crippen LogP contribution in [0, 0.1) is 0 Å². The normalized spacial score (nSPS) is 20.5. The molecule has 1 saturated heterocycles. The molecule has 2 heterocycles. The van der Waals surface area contributed by atoms with Gasteiger partial charge in [-0.25, -0.2) is 4.57 Å². The molecular weight excluding hydrogens is 399 g/mol. The molecule has 0 bridgehead atoms. The van der Waals surface area contributed by atoms with Gasteiger partial charge in [-0.2, -0.15) is 4.67 Å². The zero-order chi connectivity index (χ0) is 17.0. The second-order valence-electron chi connectivity index (χ2n) is 5.50. The van der Waals surface area contributed by atoms with Gasteiger partial charge in [0.1, 0.15) is 11.0 Å². The van der Waals surface area contributed by atoms with Gasteiger partial charge < -0.3 is 9.36 Å². The average molecular weight is 419 g/mol. The highest BCUT2D eigenvalue weighted by molar-refractivity contribution is 9.09. The Morgan fingerprint density at radius 2 is 2.33 bits per heavy atom. The van der Waals surface area contributed by atoms with Gasteiger partial charge in [0.25, 0.3) is 0 Å². The number of aromatic nitrogens is 3. The van der Waals surface area contributed by atoms with Crippen LogP contribution in [-0.2, 0) is 13.8 Å². The number of alkyl halides is 1. The molecule has 0 saturated carbocycles. The highest BCUT2D eigenvalue weighted by atomic mass is 79.9. The molecule has 0 N–H and O–H groups in total. The monoisotopic (exact) mass is 418 g/mol. The Balaban J connectivity index is 1.79. The molecule has 0 radical (unpaired) electrons. The first-order chi connectivity index (χ1) is 11.6. The van der Waals surface area contributed by atoms with Crippen LogP contribution < -0.4 is 4.62 Å². The van der Waals surface area contributed by atoms with Crippen molar-refractivity contribution < 1.29 is 18.5 Å². The number of halogens is 1. The van der Waals surface area contributed by atoms with Crippen LogP contribution in [-0.4, -0.2) is 58.1 Å². The van der Waals surface area contributed by atoms with E-state index in [4.69, 9.17) is 13.9 Å². The molecule has 132 valence electrons. The number of benzene rings is 1. The lowest BCUT2D eigenvalue weighted by Crippen LogP contribution is -2.28. The van der Waals surface area contributed by atoms with Crippen molar-refractivity contribution in [2.45, 2.75) is 18.9 Å². The molecule has 0 aliphatic carbocycles. The van der Waals surface area contributed by atoms with Gasteiger partial charge in [-0.05, 0) is 37.2 Å². The molecule has 8 nitrogen and oxygen atoms in total. The highest BCUT2D eigenvalue weighted by Gasteiger charge is 2.35. The fourth-order valence-electron chi connectivity index (χ4n) is 2.39. The molecule has 1 aliphatic rings. The van der Waals surface area contributed by atoms with Gasteiger partial charge in [0.05, 0.1) is 12.7 Å². The van der Waals surface area contributed by atoms with Gasteiger partial charge in [0, 0.05) is 18.5 Å². The Labute approximate surface area is 148 Å². The summed E-state index contributed by atoms with van der Waals surface area (Å²) in [6, 6.07) is 7.30. The number of ether oxygens (including phenoxy) is 1. The van der Waals surface area contributed by atoms with Crippen LogP contribution in [0.3, 0.4) is 0 Å². The van der Waals surface area contributed by atoms with Gasteiger partial charge in [-0.3, -0.25) is 4.52 Å². The van der Waals surface area contributed by atoms with Gasteiger partial charge in [-0.15, -0.1) is 5.10 Å². The van der Waals surface area contributed by atoms with Crippen LogP contribution in [0.5, 0.6) is 0 Å². The fraction of sp³-hybridized carbons (Fsp3) is 0.571. The first-order valence-corrected chi connectivity index (χ1v) is 10.4. The van der Waals surface area contributed by atoms with Crippen molar-refractivity contribution in [2.75, 3.05) is 32.1 Å². The molecule has 1 fully saturated rings. The summed E-state index contributed by atoms with van der Waals surface area (Å²) in [6.07, 6.45) is 1.84. The summed E-state index contributed by atoms with van der Waals surface area (Å²) in [5, 5.41) is 8.57. The van der Waals surface area contributed by atoms with Gasteiger partial charge in [0.2, 0.25) is 0 Å². The van der Waals surface area contributed by atoms with Gasteiger partial charge in [0.15, 0.2) is 0 Å². The van der Waals surface area contributed by atoms with Crippen molar-refractivity contribution in [3.05, 3.63) is 24.3 Å². The average Bonchev–Trinajstić information content (AvgIpc) is 3.24. The Morgan fingerprint density at radius 3 is 3.08 bits per heavy atom. The van der Waals surface area contributed by atoms with Crippen LogP contribution >= 0.6 is 23.7 Å². The number of nitrogens with zero attached hydrogens (tertiary/aromatic N) is 4. The lowest BCUT2D eigenvalue weighted by Gasteiger charge is -2.26. The Hall–Kier alpha value is -0.990. The molecule has 2 atom stereocenters. The van der Waals surface area contributed by atoms with Crippen LogP contribution in [0.25, 0.3) is 11.0 Å². The van der Waals surface area contributed by atoms with Crippen LogP contribution in [0.4, 0.5) is 0 Å². The molecule has 2 aromatic rings. The van der Waals surface area contributed by atoms with Gasteiger partial charge >= 0.3 is 7.75 Å². The first kappa shape index (κ1) is 17.8. The summed E-state index contributed by atoms with van der Waals surface area (Å²) in [6.45, 7) is 1.43. The minimum atomic E-state index is -3.59. The van der Waals surface area contributed by atoms with Crippen molar-refractivity contribution in [1.82, 2.24) is 19.8 Å². The molecule has 1 aromatic heterocycles. The van der Waals surface area contributed by atoms with Gasteiger partial charge in [-0.1, -0.05) is 32.9 Å². The lowest BCUT2D eigenvalue weighted by molar-refractivity contribution is 0.0492. The maximum Gasteiger partial charge on any atom is 0.481 e. The zero-order valence-electron chi connectivity index (χ0n) is 13.4. The number of hydrogen-bond acceptors (Lipinski definition) is 6. The number of hydrogen-bond donors (Lipinski definition) is 0. The maximum absolute atomic E-state index is 13.3. The largest absolute Gasteiger partial charge is 0.481 e. The Morgan fingerprint density at radius 1 is 1.50 bits per heavy atom. The van der Waals surface area contributed by atoms with E-state index in [1.54, 1.807) is 17.8 Å². The summed E-state index contributed by atoms with van der Waals surface area (Å²) in [5.74, 6) is 0. The Kier molecular flexibility index (Phi) is 5.89. The van der Waals surface area contributed by atoms with Crippen LogP contribution in [0.1, 0.15) is 12.8 Å². The Bertz CT molecular complexity index is 722. The van der Waals surface area contributed by atoms with Crippen molar-refractivity contribution in [3.8, 4) is 0 Å². The standard InChI is InChI=1S/C14H20BrN4O4P/c1-18(9-8-15)24(20,22-11-12-5-4-10-21-12)23-19-14-7-3-2-6-13(14)16-17-19/h2-3,6-7,12H,4-5,8-11H2,1H3. The predicted molar refractivity (Wildman–Crippen MR) is 93.1 cm³/mol. The SMILES string of the molecule is CN(CCBr)P(=O)(OCC1CCCO1)On1nnc2ccccc21. The summed E-state index contributed by atoms with van der Waals surface area (Å²) in [7, 11) is -1.90. The summed E-state index contributed by atoms with van der Waals surface area (Å²) >= 11 is 3.34. The summed E-state index contributed by atoms with van der Waals surface area (Å²) in [4.78, 5) is 1.16. The van der Waals surface area contributed by atoms with Crippen molar-refractivity contribution in [1.29, 1.82) is 0 Å². The molecule has 2 unspecified atom stereocenters. The van der Waals surface area contributed by atoms with Crippen LogP contribution in [0.2, 0.25) is 0 Å². The first-order valence-electron chi connectivity index (χ1n) is 7.77. The van der Waals surface area contributed by atoms with Crippen molar-refractivity contribution in [3.63, 3.8) is 0 Å². The third-order valence-electron chi connectivity index (χ3n) is 3.78. The van der Waals surface area contributed by atoms with Crippen molar-refractivity contribution >= 4 is 34.7 Å². The molecular formula is C14H20BrN4O4P. The third kappa shape index (κ3) is 3.97. The minimum Gasteiger partial charge on any atom is -0.376 e. The predicted octanol–water partition coefficient (Wildman–Crippen LogP) is 2.49. The summed E-state index contributed by atoms with van der Waals surface area (Å²) < 4.78 is 31.7. The van der Waals surface area contributed by atoms with E-state index in [1.807, 2.05) is 18.2 Å². The molecule has 10 heteroatoms. The van der Waals surface area contributed by atoms with E-state index < -0.39 is 7.75 Å². The van der Waals surface area contributed by atoms with E-state index in [9.17, 15) is 4.57 Å². The second kappa shape index (κ2) is 7.93. The molecule has 1 aromatic carbocycles. The summed E-state index contributed by atoms with van der Waals surface area (Å²) in [5.41, 5.74) is 1.29. The van der Waals surface area contributed by atoms with E-state index in [-0.39, 0.29) is 12.7 Å². The maximum atomic E-state index is 13.3. The number of rotatable bonds is 8. The molecule has 0 amide bonds. The highest BCUT2D eigenvalue weighted by Crippen LogP contribution is 2.48. The molecule has 1 aliphatic heterocycles. The minimum absolute atomic E-state index is 0.0493. The van der Waals surface area contributed by atoms with Crippen LogP contribution in [0.15, 0.2) is 24.3 Å². The third-order valence-corrected chi connectivity index (χ3v) is 6.00. The topological polar surface area (TPSA) is 78.7 Å². The van der Waals surface area contributed by atoms with E-state index >= 15 is 0 Å². The smallest absolute Gasteiger partial charge is 0.376 e. The molecule has 0 spiro atoms. The van der Waals surface area contributed by atoms with E-state index in [1.165, 1.54) is 0 Å². The fourth-order valence-corrected chi connectivity index (χ4v) is 4.58. The van der Waals surface area contributed by atoms with E-state index in [0.29, 0.717) is 29.5 Å². The van der Waals surface area contributed by atoms with E-state index in [0.717, 1.165) is 17.7 Å². The second-order valence-corrected chi connectivity index (χ2v) is 8.34. The molecule has 24 heavy (non-hydrogen) atoms. The number of fused-ring (bicyclic) bond motifs is 1. The molecule has 3 rings (SSSR count). The zero-order valence-corrected chi connectivity index (χ0v) is 15.9. The van der Waals surface area contributed by atoms with Crippen molar-refractivity contribution in [2.24, 2.45) is 0 Å². The number of para-hydroxylation sites is 1. The lowest BCUT2D eigenvalue weighted by atomic mass is 10.2. The quantitative estimate of drug-likeness (QED) is 0.481.